The van der Waals surface area contributed by atoms with Crippen molar-refractivity contribution in [1.82, 2.24) is 15.0 Å². The number of hydrogen-bond acceptors (Lipinski definition) is 7. The first-order chi connectivity index (χ1) is 13.8. The largest absolute Gasteiger partial charge is 0.508 e. The molecule has 0 atom stereocenters. The van der Waals surface area contributed by atoms with E-state index in [-0.39, 0.29) is 5.75 Å². The Kier molecular flexibility index (Phi) is 4.29. The minimum absolute atomic E-state index is 0.234. The number of ether oxygens (including phenoxy) is 1. The number of aromatic hydroxyl groups is 1. The van der Waals surface area contributed by atoms with Crippen molar-refractivity contribution in [3.8, 4) is 17.0 Å². The summed E-state index contributed by atoms with van der Waals surface area (Å²) in [5, 5.41) is 9.98. The van der Waals surface area contributed by atoms with Crippen LogP contribution in [0.3, 0.4) is 0 Å². The van der Waals surface area contributed by atoms with E-state index in [0.717, 1.165) is 54.5 Å². The highest BCUT2D eigenvalue weighted by Gasteiger charge is 2.29. The van der Waals surface area contributed by atoms with Gasteiger partial charge in [0.15, 0.2) is 0 Å². The normalized spacial score (nSPS) is 16.3. The fourth-order valence-electron chi connectivity index (χ4n) is 3.78. The first kappa shape index (κ1) is 16.9. The molecule has 28 heavy (non-hydrogen) atoms. The van der Waals surface area contributed by atoms with E-state index < -0.39 is 0 Å². The van der Waals surface area contributed by atoms with Gasteiger partial charge in [0.05, 0.1) is 18.9 Å². The van der Waals surface area contributed by atoms with E-state index in [1.807, 2.05) is 30.3 Å². The van der Waals surface area contributed by atoms with E-state index in [4.69, 9.17) is 14.7 Å². The molecule has 0 amide bonds. The summed E-state index contributed by atoms with van der Waals surface area (Å²) in [4.78, 5) is 18.6. The number of benzene rings is 1. The van der Waals surface area contributed by atoms with Crippen LogP contribution in [0.4, 0.5) is 17.6 Å². The van der Waals surface area contributed by atoms with Gasteiger partial charge in [0.25, 0.3) is 0 Å². The standard InChI is InChI=1S/C21H21N5O2/c27-16-5-3-4-15(14-16)19-17-7-9-26(18-6-1-2-8-22-18)20(17)24-21(23-19)25-10-12-28-13-11-25/h1-6,8,14,27H,7,9-13H2. The SMILES string of the molecule is Oc1cccc(-c2nc(N3CCOCC3)nc3c2CCN3c2ccccn2)c1. The van der Waals surface area contributed by atoms with Crippen molar-refractivity contribution >= 4 is 17.6 Å². The Bertz CT molecular complexity index is 989. The fraction of sp³-hybridized carbons (Fsp3) is 0.286. The third-order valence-corrected chi connectivity index (χ3v) is 5.15. The number of phenolic OH excluding ortho intramolecular Hbond substituents is 1. The Morgan fingerprint density at radius 1 is 0.964 bits per heavy atom. The van der Waals surface area contributed by atoms with Crippen LogP contribution in [-0.4, -0.2) is 52.9 Å². The summed E-state index contributed by atoms with van der Waals surface area (Å²) in [5.74, 6) is 2.71. The third kappa shape index (κ3) is 3.03. The molecule has 0 saturated carbocycles. The van der Waals surface area contributed by atoms with Gasteiger partial charge in [-0.3, -0.25) is 0 Å². The Balaban J connectivity index is 1.66. The number of fused-ring (bicyclic) bond motifs is 1. The topological polar surface area (TPSA) is 74.6 Å². The number of morpholine rings is 1. The maximum Gasteiger partial charge on any atom is 0.228 e. The molecule has 2 aliphatic heterocycles. The van der Waals surface area contributed by atoms with E-state index in [9.17, 15) is 5.11 Å². The molecular formula is C21H21N5O2. The minimum atomic E-state index is 0.234. The molecule has 2 aromatic heterocycles. The number of nitrogens with zero attached hydrogens (tertiary/aromatic N) is 5. The van der Waals surface area contributed by atoms with E-state index in [1.165, 1.54) is 0 Å². The lowest BCUT2D eigenvalue weighted by molar-refractivity contribution is 0.122. The van der Waals surface area contributed by atoms with Crippen LogP contribution in [0.5, 0.6) is 5.75 Å². The van der Waals surface area contributed by atoms with E-state index in [2.05, 4.69) is 14.8 Å². The molecule has 1 N–H and O–H groups in total. The molecule has 1 aromatic carbocycles. The highest BCUT2D eigenvalue weighted by atomic mass is 16.5. The molecule has 0 aliphatic carbocycles. The monoisotopic (exact) mass is 375 g/mol. The van der Waals surface area contributed by atoms with Crippen molar-refractivity contribution in [2.75, 3.05) is 42.6 Å². The third-order valence-electron chi connectivity index (χ3n) is 5.15. The molecule has 5 rings (SSSR count). The molecule has 0 bridgehead atoms. The summed E-state index contributed by atoms with van der Waals surface area (Å²) >= 11 is 0. The maximum absolute atomic E-state index is 9.98. The van der Waals surface area contributed by atoms with Crippen molar-refractivity contribution in [3.05, 3.63) is 54.2 Å². The number of pyridine rings is 1. The first-order valence-electron chi connectivity index (χ1n) is 9.51. The molecule has 0 spiro atoms. The molecule has 7 heteroatoms. The number of rotatable bonds is 3. The zero-order chi connectivity index (χ0) is 18.9. The summed E-state index contributed by atoms with van der Waals surface area (Å²) in [5.41, 5.74) is 2.87. The van der Waals surface area contributed by atoms with Gasteiger partial charge >= 0.3 is 0 Å². The summed E-state index contributed by atoms with van der Waals surface area (Å²) < 4.78 is 5.48. The quantitative estimate of drug-likeness (QED) is 0.754. The van der Waals surface area contributed by atoms with Crippen LogP contribution in [-0.2, 0) is 11.2 Å². The first-order valence-corrected chi connectivity index (χ1v) is 9.51. The van der Waals surface area contributed by atoms with Crippen LogP contribution in [0.25, 0.3) is 11.3 Å². The highest BCUT2D eigenvalue weighted by Crippen LogP contribution is 2.39. The highest BCUT2D eigenvalue weighted by molar-refractivity contribution is 5.76. The summed E-state index contributed by atoms with van der Waals surface area (Å²) in [6.45, 7) is 3.68. The number of anilines is 3. The average molecular weight is 375 g/mol. The molecular weight excluding hydrogens is 354 g/mol. The van der Waals surface area contributed by atoms with Crippen molar-refractivity contribution in [3.63, 3.8) is 0 Å². The minimum Gasteiger partial charge on any atom is -0.508 e. The fourth-order valence-corrected chi connectivity index (χ4v) is 3.78. The number of hydrogen-bond donors (Lipinski definition) is 1. The Labute approximate surface area is 163 Å². The second-order valence-electron chi connectivity index (χ2n) is 6.91. The van der Waals surface area contributed by atoms with Crippen LogP contribution >= 0.6 is 0 Å². The second kappa shape index (κ2) is 7.09. The molecule has 7 nitrogen and oxygen atoms in total. The van der Waals surface area contributed by atoms with Gasteiger partial charge in [-0.15, -0.1) is 0 Å². The number of phenols is 1. The molecule has 2 aliphatic rings. The Hall–Kier alpha value is -3.19. The molecule has 1 fully saturated rings. The van der Waals surface area contributed by atoms with Gasteiger partial charge in [-0.1, -0.05) is 18.2 Å². The maximum atomic E-state index is 9.98. The Morgan fingerprint density at radius 2 is 1.86 bits per heavy atom. The summed E-state index contributed by atoms with van der Waals surface area (Å²) in [6.07, 6.45) is 2.63. The van der Waals surface area contributed by atoms with E-state index >= 15 is 0 Å². The zero-order valence-corrected chi connectivity index (χ0v) is 15.5. The van der Waals surface area contributed by atoms with Crippen LogP contribution < -0.4 is 9.80 Å². The number of aromatic nitrogens is 3. The lowest BCUT2D eigenvalue weighted by Gasteiger charge is -2.28. The molecule has 4 heterocycles. The second-order valence-corrected chi connectivity index (χ2v) is 6.91. The predicted octanol–water partition coefficient (Wildman–Crippen LogP) is 2.78. The van der Waals surface area contributed by atoms with E-state index in [0.29, 0.717) is 19.2 Å². The predicted molar refractivity (Wildman–Crippen MR) is 107 cm³/mol. The van der Waals surface area contributed by atoms with Crippen LogP contribution in [0.1, 0.15) is 5.56 Å². The molecule has 1 saturated heterocycles. The zero-order valence-electron chi connectivity index (χ0n) is 15.5. The van der Waals surface area contributed by atoms with Crippen LogP contribution in [0, 0.1) is 0 Å². The van der Waals surface area contributed by atoms with Crippen molar-refractivity contribution in [1.29, 1.82) is 0 Å². The van der Waals surface area contributed by atoms with Crippen LogP contribution in [0.2, 0.25) is 0 Å². The lowest BCUT2D eigenvalue weighted by atomic mass is 10.1. The van der Waals surface area contributed by atoms with Gasteiger partial charge in [0.2, 0.25) is 5.95 Å². The van der Waals surface area contributed by atoms with Gasteiger partial charge in [-0.2, -0.15) is 4.98 Å². The molecule has 3 aromatic rings. The Morgan fingerprint density at radius 3 is 2.64 bits per heavy atom. The van der Waals surface area contributed by atoms with Crippen molar-refractivity contribution < 1.29 is 9.84 Å². The lowest BCUT2D eigenvalue weighted by Crippen LogP contribution is -2.37. The van der Waals surface area contributed by atoms with Crippen molar-refractivity contribution in [2.45, 2.75) is 6.42 Å². The molecule has 0 radical (unpaired) electrons. The van der Waals surface area contributed by atoms with Crippen molar-refractivity contribution in [2.24, 2.45) is 0 Å². The van der Waals surface area contributed by atoms with Gasteiger partial charge in [0.1, 0.15) is 17.4 Å². The van der Waals surface area contributed by atoms with Gasteiger partial charge in [-0.25, -0.2) is 9.97 Å². The molecule has 142 valence electrons. The van der Waals surface area contributed by atoms with E-state index in [1.54, 1.807) is 18.3 Å². The summed E-state index contributed by atoms with van der Waals surface area (Å²) in [7, 11) is 0. The van der Waals surface area contributed by atoms with Gasteiger partial charge in [0, 0.05) is 37.0 Å². The van der Waals surface area contributed by atoms with Crippen LogP contribution in [0.15, 0.2) is 48.7 Å². The average Bonchev–Trinajstić information content (AvgIpc) is 3.18. The smallest absolute Gasteiger partial charge is 0.228 e. The molecule has 0 unspecified atom stereocenters. The van der Waals surface area contributed by atoms with Gasteiger partial charge < -0.3 is 19.6 Å². The van der Waals surface area contributed by atoms with Gasteiger partial charge in [-0.05, 0) is 30.7 Å². The summed E-state index contributed by atoms with van der Waals surface area (Å²) in [6, 6.07) is 13.2.